The second-order valence-corrected chi connectivity index (χ2v) is 7.43. The Hall–Kier alpha value is -4.26. The van der Waals surface area contributed by atoms with Crippen molar-refractivity contribution in [3.63, 3.8) is 0 Å². The molecule has 4 rings (SSSR count). The van der Waals surface area contributed by atoms with Crippen molar-refractivity contribution >= 4 is 17.4 Å². The van der Waals surface area contributed by atoms with Gasteiger partial charge in [-0.2, -0.15) is 0 Å². The van der Waals surface area contributed by atoms with E-state index in [2.05, 4.69) is 11.6 Å². The normalized spacial score (nSPS) is 17.2. The van der Waals surface area contributed by atoms with E-state index >= 15 is 0 Å². The number of halogens is 1. The summed E-state index contributed by atoms with van der Waals surface area (Å²) in [4.78, 5) is 31.3. The van der Waals surface area contributed by atoms with Gasteiger partial charge in [-0.25, -0.2) is 4.39 Å². The van der Waals surface area contributed by atoms with Crippen molar-refractivity contribution in [2.24, 2.45) is 0 Å². The Bertz CT molecular complexity index is 1220. The second-order valence-electron chi connectivity index (χ2n) is 7.43. The Labute approximate surface area is 190 Å². The zero-order valence-corrected chi connectivity index (χ0v) is 17.6. The number of pyridine rings is 1. The van der Waals surface area contributed by atoms with Gasteiger partial charge in [-0.15, -0.1) is 0 Å². The molecule has 33 heavy (non-hydrogen) atoms. The third-order valence-corrected chi connectivity index (χ3v) is 5.34. The number of benzene rings is 2. The molecule has 0 saturated carbocycles. The first-order chi connectivity index (χ1) is 16.0. The van der Waals surface area contributed by atoms with Crippen molar-refractivity contribution in [1.29, 1.82) is 0 Å². The van der Waals surface area contributed by atoms with Crippen LogP contribution in [0.1, 0.15) is 22.7 Å². The number of nitrogens with zero attached hydrogens (tertiary/aromatic N) is 2. The quantitative estimate of drug-likeness (QED) is 0.253. The molecule has 1 aliphatic rings. The summed E-state index contributed by atoms with van der Waals surface area (Å²) in [6.07, 6.45) is 4.74. The SMILES string of the molecule is C=CCOc1ccc(C(O)=C2C(=O)C(=O)N(Cc3ccncc3)C2c2ccccc2F)cc1. The largest absolute Gasteiger partial charge is 0.507 e. The number of hydrogen-bond acceptors (Lipinski definition) is 5. The van der Waals surface area contributed by atoms with Crippen molar-refractivity contribution in [1.82, 2.24) is 9.88 Å². The molecule has 0 radical (unpaired) electrons. The molecular formula is C26H21FN2O4. The van der Waals surface area contributed by atoms with Crippen LogP contribution < -0.4 is 4.74 Å². The third-order valence-electron chi connectivity index (χ3n) is 5.34. The highest BCUT2D eigenvalue weighted by Gasteiger charge is 2.46. The van der Waals surface area contributed by atoms with Gasteiger partial charge in [-0.1, -0.05) is 30.9 Å². The van der Waals surface area contributed by atoms with Gasteiger partial charge in [0.05, 0.1) is 11.6 Å². The first kappa shape index (κ1) is 22.0. The summed E-state index contributed by atoms with van der Waals surface area (Å²) in [5, 5.41) is 11.1. The smallest absolute Gasteiger partial charge is 0.295 e. The number of carbonyl (C=O) groups excluding carboxylic acids is 2. The Kier molecular flexibility index (Phi) is 6.31. The third kappa shape index (κ3) is 4.39. The first-order valence-electron chi connectivity index (χ1n) is 10.3. The van der Waals surface area contributed by atoms with Crippen LogP contribution in [0, 0.1) is 5.82 Å². The minimum absolute atomic E-state index is 0.0528. The maximum absolute atomic E-state index is 14.8. The summed E-state index contributed by atoms with van der Waals surface area (Å²) in [6, 6.07) is 14.6. The number of rotatable bonds is 7. The number of hydrogen-bond donors (Lipinski definition) is 1. The Balaban J connectivity index is 1.81. The molecule has 1 aromatic heterocycles. The number of amides is 1. The summed E-state index contributed by atoms with van der Waals surface area (Å²) in [5.41, 5.74) is 0.985. The number of ether oxygens (including phenoxy) is 1. The fourth-order valence-corrected chi connectivity index (χ4v) is 3.77. The Morgan fingerprint density at radius 1 is 1.09 bits per heavy atom. The molecular weight excluding hydrogens is 423 g/mol. The molecule has 2 aromatic carbocycles. The molecule has 1 aliphatic heterocycles. The lowest BCUT2D eigenvalue weighted by Crippen LogP contribution is -2.29. The fourth-order valence-electron chi connectivity index (χ4n) is 3.77. The van der Waals surface area contributed by atoms with Gasteiger partial charge in [-0.3, -0.25) is 14.6 Å². The van der Waals surface area contributed by atoms with Gasteiger partial charge in [0.1, 0.15) is 23.9 Å². The molecule has 0 bridgehead atoms. The molecule has 3 aromatic rings. The lowest BCUT2D eigenvalue weighted by molar-refractivity contribution is -0.140. The molecule has 0 aliphatic carbocycles. The van der Waals surface area contributed by atoms with Gasteiger partial charge >= 0.3 is 0 Å². The van der Waals surface area contributed by atoms with E-state index in [-0.39, 0.29) is 23.4 Å². The van der Waals surface area contributed by atoms with E-state index in [0.29, 0.717) is 17.9 Å². The minimum atomic E-state index is -1.09. The van der Waals surface area contributed by atoms with E-state index < -0.39 is 23.5 Å². The van der Waals surface area contributed by atoms with Crippen LogP contribution in [0.25, 0.3) is 5.76 Å². The standard InChI is InChI=1S/C26H21FN2O4/c1-2-15-33-19-9-7-18(8-10-19)24(30)22-23(20-5-3-4-6-21(20)27)29(26(32)25(22)31)16-17-11-13-28-14-12-17/h2-14,23,30H,1,15-16H2. The summed E-state index contributed by atoms with van der Waals surface area (Å²) >= 11 is 0. The zero-order chi connectivity index (χ0) is 23.4. The van der Waals surface area contributed by atoms with E-state index in [4.69, 9.17) is 4.74 Å². The molecule has 1 unspecified atom stereocenters. The molecule has 2 heterocycles. The van der Waals surface area contributed by atoms with Crippen LogP contribution in [-0.2, 0) is 16.1 Å². The summed E-state index contributed by atoms with van der Waals surface area (Å²) in [5.74, 6) is -2.10. The predicted molar refractivity (Wildman–Crippen MR) is 121 cm³/mol. The van der Waals surface area contributed by atoms with Gasteiger partial charge in [-0.05, 0) is 48.0 Å². The number of carbonyl (C=O) groups is 2. The van der Waals surface area contributed by atoms with Crippen molar-refractivity contribution in [3.8, 4) is 5.75 Å². The van der Waals surface area contributed by atoms with Crippen molar-refractivity contribution in [2.75, 3.05) is 6.61 Å². The van der Waals surface area contributed by atoms with Crippen LogP contribution in [0.5, 0.6) is 5.75 Å². The molecule has 1 amide bonds. The highest BCUT2D eigenvalue weighted by Crippen LogP contribution is 2.41. The average molecular weight is 444 g/mol. The number of ketones is 1. The zero-order valence-electron chi connectivity index (χ0n) is 17.6. The van der Waals surface area contributed by atoms with E-state index in [9.17, 15) is 19.1 Å². The molecule has 1 fully saturated rings. The Morgan fingerprint density at radius 2 is 1.79 bits per heavy atom. The fraction of sp³-hybridized carbons (Fsp3) is 0.115. The summed E-state index contributed by atoms with van der Waals surface area (Å²) in [7, 11) is 0. The molecule has 1 N–H and O–H groups in total. The van der Waals surface area contributed by atoms with Crippen LogP contribution in [0.2, 0.25) is 0 Å². The number of aromatic nitrogens is 1. The van der Waals surface area contributed by atoms with Crippen LogP contribution in [0.15, 0.2) is 91.3 Å². The predicted octanol–water partition coefficient (Wildman–Crippen LogP) is 4.41. The lowest BCUT2D eigenvalue weighted by Gasteiger charge is -2.25. The highest BCUT2D eigenvalue weighted by atomic mass is 19.1. The number of aliphatic hydroxyl groups excluding tert-OH is 1. The lowest BCUT2D eigenvalue weighted by atomic mass is 9.94. The minimum Gasteiger partial charge on any atom is -0.507 e. The van der Waals surface area contributed by atoms with Crippen LogP contribution in [-0.4, -0.2) is 33.3 Å². The topological polar surface area (TPSA) is 79.7 Å². The maximum atomic E-state index is 14.8. The van der Waals surface area contributed by atoms with Crippen LogP contribution in [0.4, 0.5) is 4.39 Å². The van der Waals surface area contributed by atoms with Crippen molar-refractivity contribution in [3.05, 3.63) is 114 Å². The molecule has 166 valence electrons. The van der Waals surface area contributed by atoms with Crippen molar-refractivity contribution < 1.29 is 23.8 Å². The second kappa shape index (κ2) is 9.48. The van der Waals surface area contributed by atoms with Gasteiger partial charge in [0, 0.05) is 30.1 Å². The average Bonchev–Trinajstić information content (AvgIpc) is 3.08. The molecule has 7 heteroatoms. The molecule has 1 atom stereocenters. The van der Waals surface area contributed by atoms with E-state index in [1.165, 1.54) is 23.1 Å². The van der Waals surface area contributed by atoms with E-state index in [0.717, 1.165) is 5.56 Å². The summed E-state index contributed by atoms with van der Waals surface area (Å²) < 4.78 is 20.3. The molecule has 6 nitrogen and oxygen atoms in total. The van der Waals surface area contributed by atoms with E-state index in [1.54, 1.807) is 60.9 Å². The summed E-state index contributed by atoms with van der Waals surface area (Å²) in [6.45, 7) is 3.96. The van der Waals surface area contributed by atoms with Crippen LogP contribution in [0.3, 0.4) is 0 Å². The highest BCUT2D eigenvalue weighted by molar-refractivity contribution is 6.46. The van der Waals surface area contributed by atoms with Crippen molar-refractivity contribution in [2.45, 2.75) is 12.6 Å². The number of aliphatic hydroxyl groups is 1. The molecule has 1 saturated heterocycles. The number of likely N-dealkylation sites (tertiary alicyclic amines) is 1. The van der Waals surface area contributed by atoms with Crippen LogP contribution >= 0.6 is 0 Å². The van der Waals surface area contributed by atoms with Gasteiger partial charge < -0.3 is 14.7 Å². The van der Waals surface area contributed by atoms with Gasteiger partial charge in [0.15, 0.2) is 0 Å². The molecule has 0 spiro atoms. The van der Waals surface area contributed by atoms with Gasteiger partial charge in [0.25, 0.3) is 11.7 Å². The number of Topliss-reactive ketones (excluding diaryl/α,β-unsaturated/α-hetero) is 1. The van der Waals surface area contributed by atoms with E-state index in [1.807, 2.05) is 0 Å². The first-order valence-corrected chi connectivity index (χ1v) is 10.3. The Morgan fingerprint density at radius 3 is 2.45 bits per heavy atom. The van der Waals surface area contributed by atoms with Gasteiger partial charge in [0.2, 0.25) is 0 Å². The monoisotopic (exact) mass is 444 g/mol. The maximum Gasteiger partial charge on any atom is 0.295 e.